The number of hydrogen-bond donors (Lipinski definition) is 1. The van der Waals surface area contributed by atoms with E-state index in [1.807, 2.05) is 0 Å². The molecule has 0 aliphatic heterocycles. The lowest BCUT2D eigenvalue weighted by molar-refractivity contribution is -0.124. The first-order valence-electron chi connectivity index (χ1n) is 5.43. The Labute approximate surface area is 80.9 Å². The van der Waals surface area contributed by atoms with E-state index in [1.54, 1.807) is 0 Å². The second-order valence-corrected chi connectivity index (χ2v) is 4.37. The first kappa shape index (κ1) is 10.7. The van der Waals surface area contributed by atoms with Crippen molar-refractivity contribution in [2.24, 2.45) is 17.6 Å². The highest BCUT2D eigenvalue weighted by molar-refractivity contribution is 5.81. The summed E-state index contributed by atoms with van der Waals surface area (Å²) < 4.78 is 0. The van der Waals surface area contributed by atoms with Crippen molar-refractivity contribution in [2.75, 3.05) is 0 Å². The Morgan fingerprint density at radius 2 is 2.15 bits per heavy atom. The number of rotatable bonds is 3. The van der Waals surface area contributed by atoms with E-state index in [9.17, 15) is 4.79 Å². The molecule has 13 heavy (non-hydrogen) atoms. The number of carbonyl (C=O) groups excluding carboxylic acids is 1. The Hall–Kier alpha value is -0.370. The second-order valence-electron chi connectivity index (χ2n) is 4.37. The molecule has 0 saturated heterocycles. The molecule has 3 unspecified atom stereocenters. The largest absolute Gasteiger partial charge is 0.327 e. The van der Waals surface area contributed by atoms with Crippen LogP contribution in [0.15, 0.2) is 0 Å². The summed E-state index contributed by atoms with van der Waals surface area (Å²) in [6.07, 6.45) is 4.82. The highest BCUT2D eigenvalue weighted by Gasteiger charge is 2.28. The minimum Gasteiger partial charge on any atom is -0.327 e. The molecule has 2 heteroatoms. The molecule has 0 amide bonds. The third-order valence-corrected chi connectivity index (χ3v) is 3.21. The fourth-order valence-electron chi connectivity index (χ4n) is 2.10. The normalized spacial score (nSPS) is 34.5. The fourth-order valence-corrected chi connectivity index (χ4v) is 2.10. The maximum absolute atomic E-state index is 11.6. The van der Waals surface area contributed by atoms with Gasteiger partial charge in [0.25, 0.3) is 0 Å². The van der Waals surface area contributed by atoms with Crippen molar-refractivity contribution in [3.05, 3.63) is 0 Å². The first-order chi connectivity index (χ1) is 6.15. The predicted molar refractivity (Wildman–Crippen MR) is 54.4 cm³/mol. The number of carbonyl (C=O) groups is 1. The first-order valence-corrected chi connectivity index (χ1v) is 5.43. The molecule has 76 valence electrons. The lowest BCUT2D eigenvalue weighted by atomic mass is 9.77. The summed E-state index contributed by atoms with van der Waals surface area (Å²) in [6.45, 7) is 4.24. The highest BCUT2D eigenvalue weighted by atomic mass is 16.1. The second kappa shape index (κ2) is 4.75. The van der Waals surface area contributed by atoms with Crippen LogP contribution in [0.4, 0.5) is 0 Å². The maximum Gasteiger partial charge on any atom is 0.136 e. The van der Waals surface area contributed by atoms with E-state index in [0.29, 0.717) is 11.7 Å². The lowest BCUT2D eigenvalue weighted by Gasteiger charge is -2.30. The fraction of sp³-hybridized carbons (Fsp3) is 0.909. The summed E-state index contributed by atoms with van der Waals surface area (Å²) in [6, 6.07) is 0.250. The van der Waals surface area contributed by atoms with Gasteiger partial charge in [-0.1, -0.05) is 13.8 Å². The van der Waals surface area contributed by atoms with Crippen molar-refractivity contribution < 1.29 is 4.79 Å². The molecule has 0 spiro atoms. The molecule has 3 atom stereocenters. The Morgan fingerprint density at radius 3 is 2.69 bits per heavy atom. The SMILES string of the molecule is CCCC(=O)C1CCC(C)C(N)C1. The minimum absolute atomic E-state index is 0.250. The smallest absolute Gasteiger partial charge is 0.136 e. The summed E-state index contributed by atoms with van der Waals surface area (Å²) in [7, 11) is 0. The molecule has 0 aromatic heterocycles. The monoisotopic (exact) mass is 183 g/mol. The molecule has 0 bridgehead atoms. The number of ketones is 1. The van der Waals surface area contributed by atoms with Crippen LogP contribution < -0.4 is 5.73 Å². The molecule has 1 fully saturated rings. The third kappa shape index (κ3) is 2.80. The van der Waals surface area contributed by atoms with E-state index in [4.69, 9.17) is 5.73 Å². The van der Waals surface area contributed by atoms with Crippen LogP contribution in [-0.2, 0) is 4.79 Å². The van der Waals surface area contributed by atoms with Gasteiger partial charge in [-0.15, -0.1) is 0 Å². The zero-order chi connectivity index (χ0) is 9.84. The van der Waals surface area contributed by atoms with Crippen molar-refractivity contribution in [1.29, 1.82) is 0 Å². The van der Waals surface area contributed by atoms with E-state index >= 15 is 0 Å². The van der Waals surface area contributed by atoms with Gasteiger partial charge in [0.1, 0.15) is 5.78 Å². The summed E-state index contributed by atoms with van der Waals surface area (Å²) >= 11 is 0. The van der Waals surface area contributed by atoms with Crippen LogP contribution in [0.2, 0.25) is 0 Å². The van der Waals surface area contributed by atoms with Gasteiger partial charge >= 0.3 is 0 Å². The lowest BCUT2D eigenvalue weighted by Crippen LogP contribution is -2.37. The van der Waals surface area contributed by atoms with E-state index in [2.05, 4.69) is 13.8 Å². The van der Waals surface area contributed by atoms with Gasteiger partial charge in [-0.25, -0.2) is 0 Å². The third-order valence-electron chi connectivity index (χ3n) is 3.21. The van der Waals surface area contributed by atoms with Crippen molar-refractivity contribution in [2.45, 2.75) is 52.0 Å². The van der Waals surface area contributed by atoms with Gasteiger partial charge in [0.05, 0.1) is 0 Å². The Bertz CT molecular complexity index is 179. The van der Waals surface area contributed by atoms with E-state index in [0.717, 1.165) is 32.1 Å². The Balaban J connectivity index is 2.40. The molecule has 1 rings (SSSR count). The van der Waals surface area contributed by atoms with Crippen LogP contribution in [0.5, 0.6) is 0 Å². The zero-order valence-corrected chi connectivity index (χ0v) is 8.75. The average Bonchev–Trinajstić information content (AvgIpc) is 2.10. The van der Waals surface area contributed by atoms with Crippen LogP contribution in [0.1, 0.15) is 46.0 Å². The molecular formula is C11H21NO. The minimum atomic E-state index is 0.250. The van der Waals surface area contributed by atoms with E-state index in [-0.39, 0.29) is 12.0 Å². The van der Waals surface area contributed by atoms with Crippen molar-refractivity contribution in [3.63, 3.8) is 0 Å². The van der Waals surface area contributed by atoms with E-state index < -0.39 is 0 Å². The zero-order valence-electron chi connectivity index (χ0n) is 8.75. The van der Waals surface area contributed by atoms with Gasteiger partial charge in [-0.05, 0) is 31.6 Å². The summed E-state index contributed by atoms with van der Waals surface area (Å²) in [5.74, 6) is 1.31. The molecule has 1 aliphatic rings. The molecule has 2 N–H and O–H groups in total. The maximum atomic E-state index is 11.6. The van der Waals surface area contributed by atoms with E-state index in [1.165, 1.54) is 0 Å². The molecule has 1 saturated carbocycles. The molecular weight excluding hydrogens is 162 g/mol. The van der Waals surface area contributed by atoms with Crippen LogP contribution >= 0.6 is 0 Å². The van der Waals surface area contributed by atoms with Crippen LogP contribution in [-0.4, -0.2) is 11.8 Å². The van der Waals surface area contributed by atoms with Gasteiger partial charge < -0.3 is 5.73 Å². The Kier molecular flexibility index (Phi) is 3.91. The Morgan fingerprint density at radius 1 is 1.46 bits per heavy atom. The van der Waals surface area contributed by atoms with Gasteiger partial charge in [0.2, 0.25) is 0 Å². The number of Topliss-reactive ketones (excluding diaryl/α,β-unsaturated/α-hetero) is 1. The van der Waals surface area contributed by atoms with Gasteiger partial charge in [-0.3, -0.25) is 4.79 Å². The summed E-state index contributed by atoms with van der Waals surface area (Å²) in [5, 5.41) is 0. The quantitative estimate of drug-likeness (QED) is 0.728. The van der Waals surface area contributed by atoms with Crippen LogP contribution in [0.3, 0.4) is 0 Å². The van der Waals surface area contributed by atoms with Crippen molar-refractivity contribution in [1.82, 2.24) is 0 Å². The van der Waals surface area contributed by atoms with Crippen molar-refractivity contribution in [3.8, 4) is 0 Å². The van der Waals surface area contributed by atoms with Gasteiger partial charge in [0.15, 0.2) is 0 Å². The molecule has 0 heterocycles. The molecule has 0 aromatic carbocycles. The average molecular weight is 183 g/mol. The summed E-state index contributed by atoms with van der Waals surface area (Å²) in [5.41, 5.74) is 5.95. The number of hydrogen-bond acceptors (Lipinski definition) is 2. The molecule has 2 nitrogen and oxygen atoms in total. The molecule has 0 radical (unpaired) electrons. The van der Waals surface area contributed by atoms with Gasteiger partial charge in [0, 0.05) is 18.4 Å². The van der Waals surface area contributed by atoms with Crippen molar-refractivity contribution >= 4 is 5.78 Å². The number of nitrogens with two attached hydrogens (primary N) is 1. The van der Waals surface area contributed by atoms with Crippen LogP contribution in [0, 0.1) is 11.8 Å². The molecule has 0 aromatic rings. The standard InChI is InChI=1S/C11H21NO/c1-3-4-11(13)9-6-5-8(2)10(12)7-9/h8-10H,3-7,12H2,1-2H3. The van der Waals surface area contributed by atoms with Gasteiger partial charge in [-0.2, -0.15) is 0 Å². The predicted octanol–water partition coefficient (Wildman–Crippen LogP) is 2.12. The summed E-state index contributed by atoms with van der Waals surface area (Å²) in [4.78, 5) is 11.6. The van der Waals surface area contributed by atoms with Crippen LogP contribution in [0.25, 0.3) is 0 Å². The topological polar surface area (TPSA) is 43.1 Å². The molecule has 1 aliphatic carbocycles. The highest BCUT2D eigenvalue weighted by Crippen LogP contribution is 2.29.